The fourth-order valence-electron chi connectivity index (χ4n) is 3.87. The Balaban J connectivity index is 1.70. The van der Waals surface area contributed by atoms with Crippen molar-refractivity contribution in [2.45, 2.75) is 57.7 Å². The number of unbranched alkanes of at least 4 members (excludes halogenated alkanes) is 1. The second kappa shape index (κ2) is 9.75. The molecule has 1 saturated heterocycles. The summed E-state index contributed by atoms with van der Waals surface area (Å²) in [6.07, 6.45) is 6.03. The summed E-state index contributed by atoms with van der Waals surface area (Å²) in [5, 5.41) is 7.50. The summed E-state index contributed by atoms with van der Waals surface area (Å²) < 4.78 is 5.60. The maximum absolute atomic E-state index is 5.60. The van der Waals surface area contributed by atoms with Gasteiger partial charge in [0.25, 0.3) is 0 Å². The lowest BCUT2D eigenvalue weighted by Gasteiger charge is -2.34. The van der Waals surface area contributed by atoms with Crippen molar-refractivity contribution in [1.29, 1.82) is 0 Å². The highest BCUT2D eigenvalue weighted by molar-refractivity contribution is 5.37. The van der Waals surface area contributed by atoms with Crippen molar-refractivity contribution < 1.29 is 4.74 Å². The highest BCUT2D eigenvalue weighted by Gasteiger charge is 2.25. The largest absolute Gasteiger partial charge is 0.496 e. The quantitative estimate of drug-likeness (QED) is 0.727. The number of hydrogen-bond acceptors (Lipinski definition) is 3. The number of benzene rings is 2. The monoisotopic (exact) mass is 352 g/mol. The summed E-state index contributed by atoms with van der Waals surface area (Å²) in [4.78, 5) is 0. The highest BCUT2D eigenvalue weighted by Crippen LogP contribution is 2.26. The highest BCUT2D eigenvalue weighted by atomic mass is 16.5. The third-order valence-electron chi connectivity index (χ3n) is 5.34. The lowest BCUT2D eigenvalue weighted by atomic mass is 9.92. The van der Waals surface area contributed by atoms with Crippen molar-refractivity contribution >= 4 is 0 Å². The summed E-state index contributed by atoms with van der Waals surface area (Å²) in [6, 6.07) is 18.2. The molecule has 1 aliphatic rings. The zero-order valence-corrected chi connectivity index (χ0v) is 16.1. The van der Waals surface area contributed by atoms with Crippen LogP contribution in [-0.4, -0.2) is 19.7 Å². The summed E-state index contributed by atoms with van der Waals surface area (Å²) in [6.45, 7) is 4.18. The van der Waals surface area contributed by atoms with E-state index in [0.29, 0.717) is 12.1 Å². The molecule has 2 aromatic rings. The summed E-state index contributed by atoms with van der Waals surface area (Å²) in [7, 11) is 1.76. The Kier molecular flexibility index (Phi) is 7.10. The molecule has 2 unspecified atom stereocenters. The molecule has 26 heavy (non-hydrogen) atoms. The van der Waals surface area contributed by atoms with Crippen LogP contribution >= 0.6 is 0 Å². The Labute approximate surface area is 158 Å². The normalized spacial score (nSPS) is 20.1. The second-order valence-corrected chi connectivity index (χ2v) is 7.22. The van der Waals surface area contributed by atoms with E-state index >= 15 is 0 Å². The molecule has 0 saturated carbocycles. The Hall–Kier alpha value is -1.84. The van der Waals surface area contributed by atoms with Gasteiger partial charge in [-0.15, -0.1) is 0 Å². The van der Waals surface area contributed by atoms with Gasteiger partial charge in [0.1, 0.15) is 5.75 Å². The molecule has 1 fully saturated rings. The summed E-state index contributed by atoms with van der Waals surface area (Å²) in [5.74, 6) is 0.984. The van der Waals surface area contributed by atoms with Gasteiger partial charge < -0.3 is 15.4 Å². The molecule has 1 heterocycles. The topological polar surface area (TPSA) is 33.3 Å². The predicted octanol–water partition coefficient (Wildman–Crippen LogP) is 4.62. The number of nitrogens with one attached hydrogen (secondary N) is 2. The molecule has 2 atom stereocenters. The van der Waals surface area contributed by atoms with E-state index in [9.17, 15) is 0 Å². The van der Waals surface area contributed by atoms with Crippen LogP contribution in [0.2, 0.25) is 0 Å². The van der Waals surface area contributed by atoms with Gasteiger partial charge in [0, 0.05) is 24.2 Å². The van der Waals surface area contributed by atoms with Crippen LogP contribution < -0.4 is 15.4 Å². The predicted molar refractivity (Wildman–Crippen MR) is 109 cm³/mol. The van der Waals surface area contributed by atoms with Gasteiger partial charge in [0.2, 0.25) is 0 Å². The molecular formula is C23H32N2O. The average Bonchev–Trinajstić information content (AvgIpc) is 2.71. The fourth-order valence-corrected chi connectivity index (χ4v) is 3.87. The smallest absolute Gasteiger partial charge is 0.123 e. The van der Waals surface area contributed by atoms with Crippen LogP contribution in [0, 0.1) is 0 Å². The zero-order valence-electron chi connectivity index (χ0n) is 16.1. The molecule has 3 rings (SSSR count). The second-order valence-electron chi connectivity index (χ2n) is 7.22. The Morgan fingerprint density at radius 2 is 2.00 bits per heavy atom. The minimum Gasteiger partial charge on any atom is -0.496 e. The first kappa shape index (κ1) is 18.9. The van der Waals surface area contributed by atoms with E-state index < -0.39 is 0 Å². The maximum Gasteiger partial charge on any atom is 0.123 e. The number of piperidine rings is 1. The maximum atomic E-state index is 5.60. The molecule has 0 aromatic heterocycles. The molecule has 2 aromatic carbocycles. The van der Waals surface area contributed by atoms with Crippen LogP contribution in [0.4, 0.5) is 0 Å². The van der Waals surface area contributed by atoms with E-state index in [0.717, 1.165) is 25.3 Å². The Morgan fingerprint density at radius 3 is 2.77 bits per heavy atom. The summed E-state index contributed by atoms with van der Waals surface area (Å²) >= 11 is 0. The van der Waals surface area contributed by atoms with Gasteiger partial charge in [-0.2, -0.15) is 0 Å². The minimum absolute atomic E-state index is 0.374. The van der Waals surface area contributed by atoms with Gasteiger partial charge in [-0.05, 0) is 49.4 Å². The van der Waals surface area contributed by atoms with Crippen molar-refractivity contribution in [3.8, 4) is 5.75 Å². The van der Waals surface area contributed by atoms with Crippen molar-refractivity contribution in [3.63, 3.8) is 0 Å². The van der Waals surface area contributed by atoms with Crippen molar-refractivity contribution in [1.82, 2.24) is 10.6 Å². The number of aryl methyl sites for hydroxylation is 1. The van der Waals surface area contributed by atoms with Gasteiger partial charge in [0.05, 0.1) is 7.11 Å². The molecule has 1 aliphatic heterocycles. The fraction of sp³-hybridized carbons (Fsp3) is 0.478. The van der Waals surface area contributed by atoms with E-state index in [2.05, 4.69) is 66.1 Å². The molecule has 140 valence electrons. The molecule has 0 aliphatic carbocycles. The molecular weight excluding hydrogens is 320 g/mol. The van der Waals surface area contributed by atoms with Crippen molar-refractivity contribution in [3.05, 3.63) is 65.2 Å². The molecule has 0 spiro atoms. The van der Waals surface area contributed by atoms with Crippen LogP contribution in [0.25, 0.3) is 0 Å². The van der Waals surface area contributed by atoms with Gasteiger partial charge in [-0.3, -0.25) is 0 Å². The molecule has 2 N–H and O–H groups in total. The van der Waals surface area contributed by atoms with E-state index in [-0.39, 0.29) is 0 Å². The SMILES string of the molecule is CCCCc1ccc(OC)c(CNC2CCCNC2c2ccccc2)c1. The van der Waals surface area contributed by atoms with Crippen molar-refractivity contribution in [2.24, 2.45) is 0 Å². The Morgan fingerprint density at radius 1 is 1.15 bits per heavy atom. The number of rotatable bonds is 8. The number of hydrogen-bond donors (Lipinski definition) is 2. The van der Waals surface area contributed by atoms with E-state index in [1.165, 1.54) is 42.4 Å². The molecule has 3 nitrogen and oxygen atoms in total. The van der Waals surface area contributed by atoms with Crippen LogP contribution in [0.15, 0.2) is 48.5 Å². The van der Waals surface area contributed by atoms with E-state index in [4.69, 9.17) is 4.74 Å². The van der Waals surface area contributed by atoms with Gasteiger partial charge in [-0.25, -0.2) is 0 Å². The molecule has 0 radical (unpaired) electrons. The van der Waals surface area contributed by atoms with Gasteiger partial charge in [0.15, 0.2) is 0 Å². The van der Waals surface area contributed by atoms with Gasteiger partial charge >= 0.3 is 0 Å². The van der Waals surface area contributed by atoms with E-state index in [1.807, 2.05) is 0 Å². The van der Waals surface area contributed by atoms with Crippen LogP contribution in [0.1, 0.15) is 55.3 Å². The summed E-state index contributed by atoms with van der Waals surface area (Å²) in [5.41, 5.74) is 4.04. The van der Waals surface area contributed by atoms with Crippen LogP contribution in [0.5, 0.6) is 5.75 Å². The van der Waals surface area contributed by atoms with Crippen LogP contribution in [0.3, 0.4) is 0 Å². The van der Waals surface area contributed by atoms with Crippen molar-refractivity contribution in [2.75, 3.05) is 13.7 Å². The first-order valence-corrected chi connectivity index (χ1v) is 9.99. The van der Waals surface area contributed by atoms with Crippen LogP contribution in [-0.2, 0) is 13.0 Å². The molecule has 0 amide bonds. The molecule has 3 heteroatoms. The Bertz CT molecular complexity index is 671. The molecule has 0 bridgehead atoms. The lowest BCUT2D eigenvalue weighted by molar-refractivity contribution is 0.303. The standard InChI is InChI=1S/C23H32N2O/c1-3-4-9-18-13-14-22(26-2)20(16-18)17-25-21-12-8-15-24-23(21)19-10-6-5-7-11-19/h5-7,10-11,13-14,16,21,23-25H,3-4,8-9,12,15,17H2,1-2H3. The third-order valence-corrected chi connectivity index (χ3v) is 5.34. The van der Waals surface area contributed by atoms with E-state index in [1.54, 1.807) is 7.11 Å². The number of ether oxygens (including phenoxy) is 1. The average molecular weight is 353 g/mol. The lowest BCUT2D eigenvalue weighted by Crippen LogP contribution is -2.45. The first-order chi connectivity index (χ1) is 12.8. The first-order valence-electron chi connectivity index (χ1n) is 9.99. The third kappa shape index (κ3) is 4.87. The van der Waals surface area contributed by atoms with Gasteiger partial charge in [-0.1, -0.05) is 55.8 Å². The number of methoxy groups -OCH3 is 1. The minimum atomic E-state index is 0.374. The zero-order chi connectivity index (χ0) is 18.2.